The Bertz CT molecular complexity index is 1220. The Hall–Kier alpha value is -3.33. The second-order valence-corrected chi connectivity index (χ2v) is 8.98. The predicted octanol–water partition coefficient (Wildman–Crippen LogP) is 3.18. The number of hydrogen-bond donors (Lipinski definition) is 2. The van der Waals surface area contributed by atoms with E-state index >= 15 is 0 Å². The summed E-state index contributed by atoms with van der Waals surface area (Å²) in [5.41, 5.74) is 2.28. The fourth-order valence-electron chi connectivity index (χ4n) is 4.88. The zero-order valence-electron chi connectivity index (χ0n) is 20.2. The van der Waals surface area contributed by atoms with Crippen LogP contribution in [0.5, 0.6) is 0 Å². The number of aromatic nitrogens is 3. The van der Waals surface area contributed by atoms with Gasteiger partial charge in [-0.2, -0.15) is 4.98 Å². The van der Waals surface area contributed by atoms with Crippen LogP contribution in [0.25, 0.3) is 11.0 Å². The highest BCUT2D eigenvalue weighted by molar-refractivity contribution is 5.99. The number of fused-ring (bicyclic) bond motifs is 1. The molecule has 0 aromatic carbocycles. The first kappa shape index (κ1) is 23.8. The Morgan fingerprint density at radius 3 is 2.59 bits per heavy atom. The number of aryl methyl sites for hydroxylation is 1. The van der Waals surface area contributed by atoms with Gasteiger partial charge in [-0.1, -0.05) is 12.8 Å². The zero-order valence-corrected chi connectivity index (χ0v) is 20.2. The van der Waals surface area contributed by atoms with Crippen molar-refractivity contribution in [2.75, 3.05) is 31.5 Å². The van der Waals surface area contributed by atoms with Gasteiger partial charge in [-0.05, 0) is 58.0 Å². The van der Waals surface area contributed by atoms with E-state index in [1.807, 2.05) is 12.2 Å². The minimum Gasteiger partial charge on any atom is -0.372 e. The van der Waals surface area contributed by atoms with Gasteiger partial charge in [-0.3, -0.25) is 14.2 Å². The maximum Gasteiger partial charge on any atom is 0.263 e. The number of carbonyl (C=O) groups excluding carboxylic acids is 1. The van der Waals surface area contributed by atoms with Gasteiger partial charge < -0.3 is 15.5 Å². The topological polar surface area (TPSA) is 105 Å². The van der Waals surface area contributed by atoms with E-state index in [1.54, 1.807) is 17.7 Å². The lowest BCUT2D eigenvalue weighted by Gasteiger charge is -2.29. The molecule has 34 heavy (non-hydrogen) atoms. The summed E-state index contributed by atoms with van der Waals surface area (Å²) < 4.78 is 1.71. The zero-order chi connectivity index (χ0) is 24.2. The quantitative estimate of drug-likeness (QED) is 0.369. The van der Waals surface area contributed by atoms with Crippen LogP contribution in [0, 0.1) is 6.92 Å². The summed E-state index contributed by atoms with van der Waals surface area (Å²) >= 11 is 0. The fraction of sp³-hybridized carbons (Fsp3) is 0.480. The maximum absolute atomic E-state index is 13.4. The molecule has 3 heterocycles. The number of hydrogen-bond acceptors (Lipinski definition) is 8. The molecule has 4 rings (SSSR count). The lowest BCUT2D eigenvalue weighted by Crippen LogP contribution is -2.42. The van der Waals surface area contributed by atoms with Gasteiger partial charge in [0, 0.05) is 49.5 Å². The largest absolute Gasteiger partial charge is 0.372 e. The summed E-state index contributed by atoms with van der Waals surface area (Å²) in [5.74, 6) is 0.618. The normalized spacial score (nSPS) is 17.9. The molecule has 2 N–H and O–H groups in total. The number of carbonyl (C=O) groups is 1. The number of allylic oxidation sites excluding steroid dienone is 3. The Morgan fingerprint density at radius 1 is 1.24 bits per heavy atom. The molecule has 180 valence electrons. The monoisotopic (exact) mass is 463 g/mol. The molecule has 1 aliphatic heterocycles. The number of pyridine rings is 1. The molecule has 9 heteroatoms. The smallest absolute Gasteiger partial charge is 0.263 e. The lowest BCUT2D eigenvalue weighted by molar-refractivity contribution is 0.101. The first-order chi connectivity index (χ1) is 16.4. The summed E-state index contributed by atoms with van der Waals surface area (Å²) in [6.45, 7) is 12.8. The molecule has 2 aromatic heterocycles. The molecule has 0 spiro atoms. The number of anilines is 1. The summed E-state index contributed by atoms with van der Waals surface area (Å²) in [6.07, 6.45) is 9.45. The maximum atomic E-state index is 13.4. The standard InChI is InChI=1S/C25H33N7O2/c1-16(31-13-11-27-12-14-31)9-10-21(26-4)29-25-28-15-20-17(2)22(18(3)33)24(34)32(23(20)30-25)19-7-5-6-8-19/h9-10,15,19,27H,4-8,11-14H2,1-3H3,(H,28,29,30)/b16-9+,21-10+. The number of ketones is 1. The fourth-order valence-corrected chi connectivity index (χ4v) is 4.88. The highest BCUT2D eigenvalue weighted by Gasteiger charge is 2.25. The predicted molar refractivity (Wildman–Crippen MR) is 135 cm³/mol. The SMILES string of the molecule is C=N/C(=C\C=C(/C)N1CCNCC1)Nc1ncc2c(C)c(C(C)=O)c(=O)n(C3CCCC3)c2n1. The van der Waals surface area contributed by atoms with Crippen molar-refractivity contribution in [2.24, 2.45) is 4.99 Å². The van der Waals surface area contributed by atoms with Crippen molar-refractivity contribution in [2.45, 2.75) is 52.5 Å². The summed E-state index contributed by atoms with van der Waals surface area (Å²) in [4.78, 5) is 41.2. The van der Waals surface area contributed by atoms with Crippen molar-refractivity contribution in [1.82, 2.24) is 24.8 Å². The first-order valence-electron chi connectivity index (χ1n) is 11.9. The van der Waals surface area contributed by atoms with Crippen LogP contribution in [0.1, 0.15) is 61.5 Å². The van der Waals surface area contributed by atoms with Gasteiger partial charge in [-0.15, -0.1) is 0 Å². The van der Waals surface area contributed by atoms with Crippen LogP contribution in [0.4, 0.5) is 5.95 Å². The van der Waals surface area contributed by atoms with Gasteiger partial charge in [0.1, 0.15) is 11.5 Å². The van der Waals surface area contributed by atoms with Crippen molar-refractivity contribution < 1.29 is 4.79 Å². The molecular weight excluding hydrogens is 430 g/mol. The summed E-state index contributed by atoms with van der Waals surface area (Å²) in [5, 5.41) is 7.19. The van der Waals surface area contributed by atoms with Gasteiger partial charge in [0.2, 0.25) is 5.95 Å². The average Bonchev–Trinajstić information content (AvgIpc) is 3.36. The highest BCUT2D eigenvalue weighted by Crippen LogP contribution is 2.32. The van der Waals surface area contributed by atoms with Crippen molar-refractivity contribution in [1.29, 1.82) is 0 Å². The van der Waals surface area contributed by atoms with E-state index in [0.717, 1.165) is 57.6 Å². The van der Waals surface area contributed by atoms with Crippen LogP contribution in [0.15, 0.2) is 39.7 Å². The van der Waals surface area contributed by atoms with Gasteiger partial charge in [0.25, 0.3) is 5.56 Å². The van der Waals surface area contributed by atoms with Crippen LogP contribution in [0.2, 0.25) is 0 Å². The van der Waals surface area contributed by atoms with Crippen LogP contribution < -0.4 is 16.2 Å². The van der Waals surface area contributed by atoms with Crippen LogP contribution in [-0.2, 0) is 0 Å². The number of nitrogens with one attached hydrogen (secondary N) is 2. The molecule has 0 unspecified atom stereocenters. The van der Waals surface area contributed by atoms with Gasteiger partial charge in [-0.25, -0.2) is 9.98 Å². The highest BCUT2D eigenvalue weighted by atomic mass is 16.1. The average molecular weight is 464 g/mol. The molecule has 2 aliphatic rings. The number of nitrogens with zero attached hydrogens (tertiary/aromatic N) is 5. The molecule has 2 fully saturated rings. The van der Waals surface area contributed by atoms with E-state index in [0.29, 0.717) is 28.4 Å². The molecule has 0 atom stereocenters. The van der Waals surface area contributed by atoms with E-state index in [4.69, 9.17) is 4.98 Å². The molecular formula is C25H33N7O2. The number of aliphatic imine (C=N–C) groups is 1. The van der Waals surface area contributed by atoms with Gasteiger partial charge >= 0.3 is 0 Å². The lowest BCUT2D eigenvalue weighted by atomic mass is 10.0. The van der Waals surface area contributed by atoms with Gasteiger partial charge in [0.05, 0.1) is 5.56 Å². The Labute approximate surface area is 199 Å². The van der Waals surface area contributed by atoms with Crippen LogP contribution in [-0.4, -0.2) is 58.1 Å². The van der Waals surface area contributed by atoms with E-state index < -0.39 is 0 Å². The van der Waals surface area contributed by atoms with Crippen molar-refractivity contribution in [3.8, 4) is 0 Å². The number of rotatable bonds is 7. The molecule has 0 amide bonds. The van der Waals surface area contributed by atoms with Crippen molar-refractivity contribution in [3.63, 3.8) is 0 Å². The third-order valence-electron chi connectivity index (χ3n) is 6.76. The minimum atomic E-state index is -0.263. The van der Waals surface area contributed by atoms with Crippen molar-refractivity contribution in [3.05, 3.63) is 51.3 Å². The third-order valence-corrected chi connectivity index (χ3v) is 6.76. The Kier molecular flexibility index (Phi) is 7.21. The third kappa shape index (κ3) is 4.79. The van der Waals surface area contributed by atoms with Crippen LogP contribution in [0.3, 0.4) is 0 Å². The molecule has 1 saturated carbocycles. The Morgan fingerprint density at radius 2 is 1.94 bits per heavy atom. The van der Waals surface area contributed by atoms with E-state index in [-0.39, 0.29) is 22.9 Å². The second-order valence-electron chi connectivity index (χ2n) is 8.98. The molecule has 1 saturated heterocycles. The minimum absolute atomic E-state index is 0.0357. The first-order valence-corrected chi connectivity index (χ1v) is 11.9. The second kappa shape index (κ2) is 10.3. The summed E-state index contributed by atoms with van der Waals surface area (Å²) in [7, 11) is 0. The van der Waals surface area contributed by atoms with E-state index in [1.165, 1.54) is 6.92 Å². The molecule has 2 aromatic rings. The molecule has 9 nitrogen and oxygen atoms in total. The van der Waals surface area contributed by atoms with Gasteiger partial charge in [0.15, 0.2) is 5.78 Å². The molecule has 0 radical (unpaired) electrons. The summed E-state index contributed by atoms with van der Waals surface area (Å²) in [6, 6.07) is 0.0357. The number of Topliss-reactive ketones (excluding diaryl/α,β-unsaturated/α-hetero) is 1. The molecule has 0 bridgehead atoms. The molecule has 1 aliphatic carbocycles. The van der Waals surface area contributed by atoms with E-state index in [9.17, 15) is 9.59 Å². The van der Waals surface area contributed by atoms with Crippen LogP contribution >= 0.6 is 0 Å². The Balaban J connectivity index is 1.71. The van der Waals surface area contributed by atoms with E-state index in [2.05, 4.69) is 39.2 Å². The van der Waals surface area contributed by atoms with Crippen molar-refractivity contribution >= 4 is 29.5 Å². The number of piperazine rings is 1.